The Kier molecular flexibility index (Phi) is 5.04. The summed E-state index contributed by atoms with van der Waals surface area (Å²) in [6.45, 7) is 3.14. The number of imidazole rings is 1. The summed E-state index contributed by atoms with van der Waals surface area (Å²) in [5.41, 5.74) is 2.67. The van der Waals surface area contributed by atoms with Crippen molar-refractivity contribution in [2.75, 3.05) is 5.32 Å². The molecule has 5 rings (SSSR count). The van der Waals surface area contributed by atoms with Gasteiger partial charge in [0.05, 0.1) is 29.6 Å². The predicted octanol–water partition coefficient (Wildman–Crippen LogP) is 3.82. The maximum Gasteiger partial charge on any atom is 0.256 e. The number of fused-ring (bicyclic) bond motifs is 2. The van der Waals surface area contributed by atoms with E-state index in [4.69, 9.17) is 0 Å². The van der Waals surface area contributed by atoms with Crippen LogP contribution in [0.2, 0.25) is 0 Å². The Hall–Kier alpha value is -3.14. The van der Waals surface area contributed by atoms with Gasteiger partial charge in [-0.05, 0) is 57.7 Å². The van der Waals surface area contributed by atoms with Crippen molar-refractivity contribution in [2.45, 2.75) is 64.1 Å². The second-order valence-electron chi connectivity index (χ2n) is 8.76. The molecule has 0 atom stereocenters. The number of anilines is 1. The van der Waals surface area contributed by atoms with Gasteiger partial charge in [-0.15, -0.1) is 5.10 Å². The molecule has 0 aliphatic heterocycles. The van der Waals surface area contributed by atoms with Crippen LogP contribution in [0.1, 0.15) is 38.4 Å². The van der Waals surface area contributed by atoms with Gasteiger partial charge in [-0.1, -0.05) is 0 Å². The van der Waals surface area contributed by atoms with Crippen LogP contribution >= 0.6 is 0 Å². The summed E-state index contributed by atoms with van der Waals surface area (Å²) in [4.78, 5) is 13.4. The lowest BCUT2D eigenvalue weighted by atomic mass is 9.84. The molecule has 1 saturated carbocycles. The maximum absolute atomic E-state index is 13.0. The number of aromatic nitrogens is 6. The molecular weight excluding hydrogens is 416 g/mol. The molecule has 10 heteroatoms. The first-order chi connectivity index (χ1) is 15.3. The van der Waals surface area contributed by atoms with Crippen LogP contribution in [0.3, 0.4) is 0 Å². The first-order valence-electron chi connectivity index (χ1n) is 10.7. The van der Waals surface area contributed by atoms with Crippen molar-refractivity contribution in [3.63, 3.8) is 0 Å². The van der Waals surface area contributed by atoms with Crippen LogP contribution in [-0.4, -0.2) is 52.3 Å². The zero-order valence-electron chi connectivity index (χ0n) is 18.0. The molecule has 0 aromatic carbocycles. The van der Waals surface area contributed by atoms with Crippen molar-refractivity contribution in [1.29, 1.82) is 0 Å². The van der Waals surface area contributed by atoms with Gasteiger partial charge in [0.1, 0.15) is 11.3 Å². The summed E-state index contributed by atoms with van der Waals surface area (Å²) in [5, 5.41) is 18.0. The van der Waals surface area contributed by atoms with Crippen molar-refractivity contribution in [3.05, 3.63) is 36.4 Å². The molecule has 1 fully saturated rings. The summed E-state index contributed by atoms with van der Waals surface area (Å²) in [5.74, 6) is 1.04. The average molecular weight is 441 g/mol. The lowest BCUT2D eigenvalue weighted by Gasteiger charge is -2.33. The van der Waals surface area contributed by atoms with E-state index in [2.05, 4.69) is 25.4 Å². The number of pyridine rings is 1. The Morgan fingerprint density at radius 1 is 1.22 bits per heavy atom. The van der Waals surface area contributed by atoms with E-state index in [1.165, 1.54) is 4.57 Å². The smallest absolute Gasteiger partial charge is 0.256 e. The highest BCUT2D eigenvalue weighted by Gasteiger charge is 2.29. The van der Waals surface area contributed by atoms with Crippen LogP contribution in [-0.2, 0) is 6.54 Å². The molecule has 1 aliphatic carbocycles. The Morgan fingerprint density at radius 2 is 2.00 bits per heavy atom. The number of halogens is 2. The SMILES string of the molecule is Cc1nc2ccc(-c3ccn4nc(N[C@H]5CC[C@](C)(O)CC5)ncc34)nc2n1CC(F)F. The lowest BCUT2D eigenvalue weighted by molar-refractivity contribution is 0.0195. The third-order valence-corrected chi connectivity index (χ3v) is 6.19. The van der Waals surface area contributed by atoms with Gasteiger partial charge in [0.2, 0.25) is 5.95 Å². The number of hydrogen-bond acceptors (Lipinski definition) is 6. The van der Waals surface area contributed by atoms with E-state index in [1.54, 1.807) is 23.7 Å². The van der Waals surface area contributed by atoms with E-state index in [1.807, 2.05) is 25.3 Å². The minimum absolute atomic E-state index is 0.227. The van der Waals surface area contributed by atoms with E-state index < -0.39 is 18.6 Å². The standard InChI is InChI=1S/C22H25F2N7O/c1-13-26-17-4-3-16(28-20(17)30(13)12-19(23)24)15-7-10-31-18(15)11-25-21(29-31)27-14-5-8-22(2,32)9-6-14/h3-4,7,10-11,14,19,32H,5-6,8-9,12H2,1-2H3,(H,27,29)/t14-,22-. The molecule has 4 aromatic heterocycles. The minimum Gasteiger partial charge on any atom is -0.390 e. The quantitative estimate of drug-likeness (QED) is 0.489. The number of alkyl halides is 2. The van der Waals surface area contributed by atoms with E-state index in [0.29, 0.717) is 28.6 Å². The fraction of sp³-hybridized carbons (Fsp3) is 0.455. The third kappa shape index (κ3) is 3.90. The zero-order chi connectivity index (χ0) is 22.5. The Labute approximate surface area is 183 Å². The van der Waals surface area contributed by atoms with E-state index in [9.17, 15) is 13.9 Å². The van der Waals surface area contributed by atoms with Crippen molar-refractivity contribution < 1.29 is 13.9 Å². The van der Waals surface area contributed by atoms with Gasteiger partial charge in [-0.2, -0.15) is 0 Å². The van der Waals surface area contributed by atoms with Crippen LogP contribution in [0.5, 0.6) is 0 Å². The van der Waals surface area contributed by atoms with Crippen LogP contribution in [0.25, 0.3) is 27.9 Å². The fourth-order valence-electron chi connectivity index (χ4n) is 4.37. The van der Waals surface area contributed by atoms with Gasteiger partial charge < -0.3 is 15.0 Å². The molecule has 2 N–H and O–H groups in total. The van der Waals surface area contributed by atoms with Crippen molar-refractivity contribution in [2.24, 2.45) is 0 Å². The van der Waals surface area contributed by atoms with E-state index in [0.717, 1.165) is 36.8 Å². The molecule has 0 radical (unpaired) electrons. The number of aryl methyl sites for hydroxylation is 1. The molecule has 4 aromatic rings. The Balaban J connectivity index is 1.43. The highest BCUT2D eigenvalue weighted by Crippen LogP contribution is 2.30. The zero-order valence-corrected chi connectivity index (χ0v) is 18.0. The van der Waals surface area contributed by atoms with E-state index >= 15 is 0 Å². The number of nitrogens with zero attached hydrogens (tertiary/aromatic N) is 6. The molecule has 0 saturated heterocycles. The van der Waals surface area contributed by atoms with E-state index in [-0.39, 0.29) is 6.04 Å². The normalized spacial score (nSPS) is 21.6. The topological polar surface area (TPSA) is 93.2 Å². The highest BCUT2D eigenvalue weighted by atomic mass is 19.3. The fourth-order valence-corrected chi connectivity index (χ4v) is 4.37. The van der Waals surface area contributed by atoms with Gasteiger partial charge in [0, 0.05) is 17.8 Å². The summed E-state index contributed by atoms with van der Waals surface area (Å²) >= 11 is 0. The molecule has 0 bridgehead atoms. The Morgan fingerprint density at radius 3 is 2.75 bits per heavy atom. The van der Waals surface area contributed by atoms with Gasteiger partial charge >= 0.3 is 0 Å². The van der Waals surface area contributed by atoms with Gasteiger partial charge in [-0.25, -0.2) is 28.2 Å². The number of hydrogen-bond donors (Lipinski definition) is 2. The molecule has 1 aliphatic rings. The van der Waals surface area contributed by atoms with Crippen LogP contribution in [0.4, 0.5) is 14.7 Å². The van der Waals surface area contributed by atoms with Crippen molar-refractivity contribution in [3.8, 4) is 11.3 Å². The lowest BCUT2D eigenvalue weighted by Crippen LogP contribution is -2.36. The maximum atomic E-state index is 13.0. The number of rotatable bonds is 5. The predicted molar refractivity (Wildman–Crippen MR) is 117 cm³/mol. The molecule has 32 heavy (non-hydrogen) atoms. The van der Waals surface area contributed by atoms with Gasteiger partial charge in [0.15, 0.2) is 5.65 Å². The van der Waals surface area contributed by atoms with Crippen LogP contribution < -0.4 is 5.32 Å². The highest BCUT2D eigenvalue weighted by molar-refractivity contribution is 5.82. The second-order valence-corrected chi connectivity index (χ2v) is 8.76. The van der Waals surface area contributed by atoms with Gasteiger partial charge in [-0.3, -0.25) is 0 Å². The summed E-state index contributed by atoms with van der Waals surface area (Å²) in [6, 6.07) is 5.74. The molecule has 0 spiro atoms. The molecule has 168 valence electrons. The minimum atomic E-state index is -2.48. The first kappa shape index (κ1) is 20.7. The first-order valence-corrected chi connectivity index (χ1v) is 10.7. The molecule has 0 unspecified atom stereocenters. The van der Waals surface area contributed by atoms with Crippen molar-refractivity contribution >= 4 is 22.6 Å². The number of nitrogens with one attached hydrogen (secondary N) is 1. The average Bonchev–Trinajstić information content (AvgIpc) is 3.29. The van der Waals surface area contributed by atoms with Crippen molar-refractivity contribution in [1.82, 2.24) is 29.1 Å². The monoisotopic (exact) mass is 441 g/mol. The molecule has 0 amide bonds. The van der Waals surface area contributed by atoms with Gasteiger partial charge in [0.25, 0.3) is 6.43 Å². The third-order valence-electron chi connectivity index (χ3n) is 6.19. The summed E-state index contributed by atoms with van der Waals surface area (Å²) < 4.78 is 29.2. The number of aliphatic hydroxyl groups is 1. The molecule has 8 nitrogen and oxygen atoms in total. The van der Waals surface area contributed by atoms with Crippen LogP contribution in [0.15, 0.2) is 30.6 Å². The largest absolute Gasteiger partial charge is 0.390 e. The summed E-state index contributed by atoms with van der Waals surface area (Å²) in [6.07, 6.45) is 4.30. The summed E-state index contributed by atoms with van der Waals surface area (Å²) in [7, 11) is 0. The van der Waals surface area contributed by atoms with Crippen LogP contribution in [0, 0.1) is 6.92 Å². The molecular formula is C22H25F2N7O. The second kappa shape index (κ2) is 7.77. The molecule has 4 heterocycles. The Bertz CT molecular complexity index is 1270.